The molecule has 0 saturated carbocycles. The molecular formula is C24H24ClFN8O4S. The van der Waals surface area contributed by atoms with Crippen molar-refractivity contribution in [2.45, 2.75) is 26.1 Å². The van der Waals surface area contributed by atoms with Crippen molar-refractivity contribution >= 4 is 50.1 Å². The number of nitrogens with zero attached hydrogens (tertiary/aromatic N) is 6. The lowest BCUT2D eigenvalue weighted by molar-refractivity contribution is 0.0977. The van der Waals surface area contributed by atoms with E-state index in [9.17, 15) is 22.4 Å². The number of fused-ring (bicyclic) bond motifs is 2. The molecule has 2 N–H and O–H groups in total. The van der Waals surface area contributed by atoms with Gasteiger partial charge in [0, 0.05) is 38.0 Å². The Kier molecular flexibility index (Phi) is 6.55. The van der Waals surface area contributed by atoms with Crippen LogP contribution in [0.2, 0.25) is 5.15 Å². The SMILES string of the molecule is C[C@@H](Nc1ccc(Cl)nc1C(=O)NS(C)(=O)=O)c1cc(F)cc2c(=O)n(C)c(N3Cc4cn(C)nc4C3)nc12. The van der Waals surface area contributed by atoms with Crippen LogP contribution in [0.5, 0.6) is 0 Å². The summed E-state index contributed by atoms with van der Waals surface area (Å²) in [6.07, 6.45) is 2.75. The maximum atomic E-state index is 14.7. The first kappa shape index (κ1) is 26.6. The van der Waals surface area contributed by atoms with Gasteiger partial charge in [-0.2, -0.15) is 5.10 Å². The Morgan fingerprint density at radius 2 is 1.92 bits per heavy atom. The third kappa shape index (κ3) is 5.16. The molecule has 0 fully saturated rings. The summed E-state index contributed by atoms with van der Waals surface area (Å²) in [5, 5.41) is 7.57. The Morgan fingerprint density at radius 3 is 2.62 bits per heavy atom. The molecular weight excluding hydrogens is 551 g/mol. The van der Waals surface area contributed by atoms with Crippen molar-refractivity contribution in [1.29, 1.82) is 0 Å². The number of carbonyl (C=O) groups is 1. The van der Waals surface area contributed by atoms with Crippen molar-refractivity contribution in [2.75, 3.05) is 16.5 Å². The molecule has 0 radical (unpaired) electrons. The van der Waals surface area contributed by atoms with Gasteiger partial charge in [0.05, 0.1) is 41.1 Å². The van der Waals surface area contributed by atoms with Crippen LogP contribution in [0, 0.1) is 5.82 Å². The van der Waals surface area contributed by atoms with Crippen LogP contribution in [-0.2, 0) is 37.2 Å². The second kappa shape index (κ2) is 9.61. The van der Waals surface area contributed by atoms with Gasteiger partial charge in [-0.1, -0.05) is 11.6 Å². The molecule has 0 aliphatic carbocycles. The largest absolute Gasteiger partial charge is 0.377 e. The first-order valence-electron chi connectivity index (χ1n) is 11.7. The molecule has 0 unspecified atom stereocenters. The predicted molar refractivity (Wildman–Crippen MR) is 144 cm³/mol. The van der Waals surface area contributed by atoms with Gasteiger partial charge < -0.3 is 10.2 Å². The van der Waals surface area contributed by atoms with Gasteiger partial charge in [-0.05, 0) is 31.2 Å². The minimum atomic E-state index is -3.87. The second-order valence-electron chi connectivity index (χ2n) is 9.40. The Morgan fingerprint density at radius 1 is 1.18 bits per heavy atom. The van der Waals surface area contributed by atoms with E-state index in [1.54, 1.807) is 18.7 Å². The standard InChI is InChI=1S/C24H24ClFN8O4S/c1-12(27-17-5-6-19(25)28-21(17)22(35)31-39(4,37)38)15-7-14(26)8-16-20(15)29-24(33(3)23(16)36)34-10-13-9-32(2)30-18(13)11-34/h5-9,12,27H,10-11H2,1-4H3,(H,31,35)/t12-/m1/s1. The number of pyridine rings is 1. The summed E-state index contributed by atoms with van der Waals surface area (Å²) in [5.74, 6) is -1.23. The van der Waals surface area contributed by atoms with Gasteiger partial charge in [0.25, 0.3) is 11.5 Å². The third-order valence-corrected chi connectivity index (χ3v) is 7.09. The summed E-state index contributed by atoms with van der Waals surface area (Å²) in [7, 11) is -0.450. The zero-order valence-electron chi connectivity index (χ0n) is 21.4. The molecule has 3 aromatic heterocycles. The molecule has 0 saturated heterocycles. The van der Waals surface area contributed by atoms with Crippen LogP contribution in [0.25, 0.3) is 10.9 Å². The third-order valence-electron chi connectivity index (χ3n) is 6.32. The highest BCUT2D eigenvalue weighted by Gasteiger charge is 2.27. The Labute approximate surface area is 227 Å². The number of rotatable bonds is 6. The maximum absolute atomic E-state index is 14.7. The number of sulfonamides is 1. The molecule has 4 heterocycles. The number of aromatic nitrogens is 5. The molecule has 1 aromatic carbocycles. The monoisotopic (exact) mass is 574 g/mol. The fourth-order valence-electron chi connectivity index (χ4n) is 4.65. The Bertz CT molecular complexity index is 1800. The zero-order valence-corrected chi connectivity index (χ0v) is 22.9. The van der Waals surface area contributed by atoms with Crippen molar-refractivity contribution in [2.24, 2.45) is 14.1 Å². The van der Waals surface area contributed by atoms with E-state index in [1.807, 2.05) is 22.9 Å². The van der Waals surface area contributed by atoms with Gasteiger partial charge >= 0.3 is 0 Å². The summed E-state index contributed by atoms with van der Waals surface area (Å²) in [5.41, 5.74) is 2.00. The summed E-state index contributed by atoms with van der Waals surface area (Å²) in [6, 6.07) is 4.58. The maximum Gasteiger partial charge on any atom is 0.285 e. The van der Waals surface area contributed by atoms with Crippen molar-refractivity contribution in [3.63, 3.8) is 0 Å². The van der Waals surface area contributed by atoms with E-state index in [1.165, 1.54) is 22.8 Å². The zero-order chi connectivity index (χ0) is 28.2. The van der Waals surface area contributed by atoms with Crippen LogP contribution in [-0.4, -0.2) is 44.9 Å². The van der Waals surface area contributed by atoms with E-state index in [4.69, 9.17) is 16.6 Å². The first-order chi connectivity index (χ1) is 18.3. The summed E-state index contributed by atoms with van der Waals surface area (Å²) >= 11 is 5.95. The molecule has 39 heavy (non-hydrogen) atoms. The average molecular weight is 575 g/mol. The fourth-order valence-corrected chi connectivity index (χ4v) is 5.23. The molecule has 1 amide bonds. The van der Waals surface area contributed by atoms with Gasteiger partial charge in [-0.25, -0.2) is 27.5 Å². The van der Waals surface area contributed by atoms with E-state index >= 15 is 0 Å². The Balaban J connectivity index is 1.56. The second-order valence-corrected chi connectivity index (χ2v) is 11.5. The minimum absolute atomic E-state index is 0.0286. The van der Waals surface area contributed by atoms with E-state index in [-0.39, 0.29) is 27.4 Å². The lowest BCUT2D eigenvalue weighted by Gasteiger charge is -2.23. The highest BCUT2D eigenvalue weighted by molar-refractivity contribution is 7.89. The lowest BCUT2D eigenvalue weighted by Crippen LogP contribution is -2.31. The summed E-state index contributed by atoms with van der Waals surface area (Å²) < 4.78 is 42.9. The molecule has 4 aromatic rings. The van der Waals surface area contributed by atoms with E-state index in [0.29, 0.717) is 24.6 Å². The van der Waals surface area contributed by atoms with Gasteiger partial charge in [0.1, 0.15) is 11.0 Å². The highest BCUT2D eigenvalue weighted by atomic mass is 35.5. The van der Waals surface area contributed by atoms with Gasteiger partial charge in [-0.3, -0.25) is 18.8 Å². The molecule has 1 aliphatic heterocycles. The Hall–Kier alpha value is -4.04. The summed E-state index contributed by atoms with van der Waals surface area (Å²) in [4.78, 5) is 36.6. The van der Waals surface area contributed by atoms with E-state index in [2.05, 4.69) is 15.4 Å². The molecule has 12 nitrogen and oxygen atoms in total. The lowest BCUT2D eigenvalue weighted by atomic mass is 10.0. The number of carbonyl (C=O) groups excluding carboxylic acids is 1. The number of benzene rings is 1. The van der Waals surface area contributed by atoms with Crippen LogP contribution in [0.15, 0.2) is 35.3 Å². The van der Waals surface area contributed by atoms with Crippen molar-refractivity contribution in [3.05, 3.63) is 74.3 Å². The van der Waals surface area contributed by atoms with Crippen LogP contribution in [0.1, 0.15) is 40.3 Å². The van der Waals surface area contributed by atoms with Crippen LogP contribution in [0.4, 0.5) is 16.0 Å². The average Bonchev–Trinajstić information content (AvgIpc) is 3.38. The number of amides is 1. The topological polar surface area (TPSA) is 144 Å². The van der Waals surface area contributed by atoms with Crippen molar-refractivity contribution in [1.82, 2.24) is 29.0 Å². The fraction of sp³-hybridized carbons (Fsp3) is 0.292. The predicted octanol–water partition coefficient (Wildman–Crippen LogP) is 2.24. The molecule has 15 heteroatoms. The molecule has 5 rings (SSSR count). The van der Waals surface area contributed by atoms with E-state index < -0.39 is 33.3 Å². The van der Waals surface area contributed by atoms with Crippen LogP contribution < -0.4 is 20.5 Å². The number of halogens is 2. The van der Waals surface area contributed by atoms with Crippen molar-refractivity contribution in [3.8, 4) is 0 Å². The molecule has 1 aliphatic rings. The number of anilines is 2. The van der Waals surface area contributed by atoms with Crippen molar-refractivity contribution < 1.29 is 17.6 Å². The smallest absolute Gasteiger partial charge is 0.285 e. The molecule has 1 atom stereocenters. The minimum Gasteiger partial charge on any atom is -0.377 e. The van der Waals surface area contributed by atoms with Gasteiger partial charge in [-0.15, -0.1) is 0 Å². The normalized spacial score (nSPS) is 13.9. The highest BCUT2D eigenvalue weighted by Crippen LogP contribution is 2.31. The van der Waals surface area contributed by atoms with Gasteiger partial charge in [0.15, 0.2) is 5.69 Å². The number of nitrogens with one attached hydrogen (secondary N) is 2. The number of aryl methyl sites for hydroxylation is 1. The van der Waals surface area contributed by atoms with Crippen LogP contribution >= 0.6 is 11.6 Å². The number of hydrogen-bond acceptors (Lipinski definition) is 9. The number of hydrogen-bond donors (Lipinski definition) is 2. The molecule has 204 valence electrons. The van der Waals surface area contributed by atoms with Gasteiger partial charge in [0.2, 0.25) is 16.0 Å². The summed E-state index contributed by atoms with van der Waals surface area (Å²) in [6.45, 7) is 2.66. The first-order valence-corrected chi connectivity index (χ1v) is 14.0. The van der Waals surface area contributed by atoms with E-state index in [0.717, 1.165) is 23.6 Å². The quantitative estimate of drug-likeness (QED) is 0.331. The molecule has 0 spiro atoms. The van der Waals surface area contributed by atoms with Crippen LogP contribution in [0.3, 0.4) is 0 Å². The molecule has 0 bridgehead atoms.